The van der Waals surface area contributed by atoms with Crippen molar-refractivity contribution in [1.82, 2.24) is 4.31 Å². The number of hydrogen-bond acceptors (Lipinski definition) is 2. The Morgan fingerprint density at radius 1 is 1.12 bits per heavy atom. The minimum Gasteiger partial charge on any atom is -0.250 e. The third-order valence-electron chi connectivity index (χ3n) is 3.25. The number of hydrogen-bond donors (Lipinski definition) is 0. The fraction of sp³-hybridized carbons (Fsp3) is 1.00. The molecule has 0 saturated carbocycles. The van der Waals surface area contributed by atoms with E-state index in [0.717, 1.165) is 12.1 Å². The second kappa shape index (κ2) is 6.55. The zero-order valence-electron chi connectivity index (χ0n) is 11.7. The average Bonchev–Trinajstić information content (AvgIpc) is 2.14. The highest BCUT2D eigenvalue weighted by Crippen LogP contribution is 2.36. The van der Waals surface area contributed by atoms with Crippen molar-refractivity contribution < 1.29 is 0 Å². The van der Waals surface area contributed by atoms with Crippen LogP contribution in [0, 0.1) is 0 Å². The lowest BCUT2D eigenvalue weighted by Gasteiger charge is -2.38. The van der Waals surface area contributed by atoms with Crippen molar-refractivity contribution in [3.8, 4) is 0 Å². The first kappa shape index (κ1) is 14.7. The van der Waals surface area contributed by atoms with Crippen molar-refractivity contribution in [3.63, 3.8) is 0 Å². The van der Waals surface area contributed by atoms with Gasteiger partial charge in [-0.15, -0.1) is 0 Å². The molecule has 0 aromatic heterocycles. The Labute approximate surface area is 108 Å². The van der Waals surface area contributed by atoms with Gasteiger partial charge in [0.2, 0.25) is 0 Å². The standard InChI is InChI=1S/C13H29NS2/c1-12-8-6-9-13(2)14(12)15-10-7-11-16(3,4)5/h12-13H,6-11H2,1-5H3. The van der Waals surface area contributed by atoms with E-state index in [-0.39, 0.29) is 10.0 Å². The van der Waals surface area contributed by atoms with Crippen molar-refractivity contribution in [1.29, 1.82) is 0 Å². The van der Waals surface area contributed by atoms with Gasteiger partial charge in [-0.2, -0.15) is 0 Å². The maximum atomic E-state index is 2.65. The van der Waals surface area contributed by atoms with Crippen LogP contribution >= 0.6 is 22.0 Å². The zero-order chi connectivity index (χ0) is 12.2. The number of rotatable bonds is 5. The summed E-state index contributed by atoms with van der Waals surface area (Å²) in [5.41, 5.74) is 0. The molecule has 0 amide bonds. The molecular formula is C13H29NS2. The summed E-state index contributed by atoms with van der Waals surface area (Å²) in [5, 5.41) is 0. The van der Waals surface area contributed by atoms with Crippen LogP contribution in [0.15, 0.2) is 0 Å². The third kappa shape index (κ3) is 5.33. The zero-order valence-corrected chi connectivity index (χ0v) is 13.3. The summed E-state index contributed by atoms with van der Waals surface area (Å²) in [7, 11) is -0.286. The normalized spacial score (nSPS) is 29.3. The maximum absolute atomic E-state index is 2.65. The minimum atomic E-state index is -0.286. The van der Waals surface area contributed by atoms with Crippen LogP contribution in [0.4, 0.5) is 0 Å². The third-order valence-corrected chi connectivity index (χ3v) is 6.26. The fourth-order valence-electron chi connectivity index (χ4n) is 2.31. The largest absolute Gasteiger partial charge is 0.250 e. The van der Waals surface area contributed by atoms with Gasteiger partial charge < -0.3 is 0 Å². The lowest BCUT2D eigenvalue weighted by atomic mass is 10.0. The second-order valence-electron chi connectivity index (χ2n) is 5.97. The molecule has 0 aromatic rings. The van der Waals surface area contributed by atoms with Crippen LogP contribution < -0.4 is 0 Å². The van der Waals surface area contributed by atoms with Gasteiger partial charge in [0.05, 0.1) is 0 Å². The molecule has 0 bridgehead atoms. The predicted octanol–water partition coefficient (Wildman–Crippen LogP) is 3.98. The van der Waals surface area contributed by atoms with Gasteiger partial charge in [0.1, 0.15) is 0 Å². The molecule has 2 unspecified atom stereocenters. The lowest BCUT2D eigenvalue weighted by Crippen LogP contribution is -2.38. The first-order valence-electron chi connectivity index (χ1n) is 6.47. The van der Waals surface area contributed by atoms with Crippen LogP contribution in [-0.4, -0.2) is 46.7 Å². The first-order chi connectivity index (χ1) is 7.40. The van der Waals surface area contributed by atoms with Crippen molar-refractivity contribution in [2.45, 2.75) is 51.6 Å². The van der Waals surface area contributed by atoms with E-state index in [1.165, 1.54) is 37.2 Å². The average molecular weight is 264 g/mol. The van der Waals surface area contributed by atoms with E-state index >= 15 is 0 Å². The summed E-state index contributed by atoms with van der Waals surface area (Å²) in [5.74, 6) is 2.75. The molecule has 0 aliphatic carbocycles. The van der Waals surface area contributed by atoms with Crippen molar-refractivity contribution in [3.05, 3.63) is 0 Å². The Morgan fingerprint density at radius 2 is 1.69 bits per heavy atom. The van der Waals surface area contributed by atoms with E-state index < -0.39 is 0 Å². The van der Waals surface area contributed by atoms with Crippen molar-refractivity contribution in [2.75, 3.05) is 30.3 Å². The van der Waals surface area contributed by atoms with Crippen LogP contribution in [-0.2, 0) is 0 Å². The van der Waals surface area contributed by atoms with E-state index in [1.807, 2.05) is 0 Å². The van der Waals surface area contributed by atoms with Gasteiger partial charge in [0.25, 0.3) is 0 Å². The monoisotopic (exact) mass is 263 g/mol. The minimum absolute atomic E-state index is 0.286. The number of nitrogens with zero attached hydrogens (tertiary/aromatic N) is 1. The molecule has 1 fully saturated rings. The van der Waals surface area contributed by atoms with Crippen LogP contribution in [0.25, 0.3) is 0 Å². The van der Waals surface area contributed by atoms with E-state index in [0.29, 0.717) is 0 Å². The lowest BCUT2D eigenvalue weighted by molar-refractivity contribution is 0.223. The molecule has 1 rings (SSSR count). The SMILES string of the molecule is CC1CCCC(C)N1SCCCS(C)(C)C. The highest BCUT2D eigenvalue weighted by atomic mass is 32.3. The maximum Gasteiger partial charge on any atom is 0.0177 e. The van der Waals surface area contributed by atoms with Crippen molar-refractivity contribution >= 4 is 22.0 Å². The second-order valence-corrected chi connectivity index (χ2v) is 11.6. The highest BCUT2D eigenvalue weighted by molar-refractivity contribution is 8.32. The predicted molar refractivity (Wildman–Crippen MR) is 81.9 cm³/mol. The van der Waals surface area contributed by atoms with Gasteiger partial charge in [0, 0.05) is 17.8 Å². The summed E-state index contributed by atoms with van der Waals surface area (Å²) in [6.07, 6.45) is 12.9. The molecule has 0 N–H and O–H groups in total. The molecule has 98 valence electrons. The molecule has 1 aliphatic heterocycles. The van der Waals surface area contributed by atoms with Gasteiger partial charge in [-0.25, -0.2) is 14.3 Å². The van der Waals surface area contributed by atoms with Gasteiger partial charge >= 0.3 is 0 Å². The number of piperidine rings is 1. The molecule has 0 aromatic carbocycles. The van der Waals surface area contributed by atoms with E-state index in [4.69, 9.17) is 0 Å². The first-order valence-corrected chi connectivity index (χ1v) is 10.4. The molecule has 0 spiro atoms. The van der Waals surface area contributed by atoms with Gasteiger partial charge in [-0.1, -0.05) is 18.4 Å². The van der Waals surface area contributed by atoms with Gasteiger partial charge in [-0.3, -0.25) is 0 Å². The molecule has 2 atom stereocenters. The van der Waals surface area contributed by atoms with Crippen LogP contribution in [0.3, 0.4) is 0 Å². The van der Waals surface area contributed by atoms with Crippen molar-refractivity contribution in [2.24, 2.45) is 0 Å². The van der Waals surface area contributed by atoms with E-state index in [9.17, 15) is 0 Å². The van der Waals surface area contributed by atoms with Gasteiger partial charge in [-0.05, 0) is 57.6 Å². The molecule has 0 radical (unpaired) electrons. The Balaban J connectivity index is 2.20. The Kier molecular flexibility index (Phi) is 6.03. The summed E-state index contributed by atoms with van der Waals surface area (Å²) < 4.78 is 2.65. The van der Waals surface area contributed by atoms with Crippen LogP contribution in [0.5, 0.6) is 0 Å². The Hall–Kier alpha value is 0.660. The fourth-order valence-corrected chi connectivity index (χ4v) is 4.71. The summed E-state index contributed by atoms with van der Waals surface area (Å²) >= 11 is 2.10. The molecule has 3 heteroatoms. The van der Waals surface area contributed by atoms with Crippen LogP contribution in [0.1, 0.15) is 39.5 Å². The molecule has 1 heterocycles. The van der Waals surface area contributed by atoms with Crippen LogP contribution in [0.2, 0.25) is 0 Å². The molecule has 1 aliphatic rings. The van der Waals surface area contributed by atoms with E-state index in [1.54, 1.807) is 0 Å². The molecular weight excluding hydrogens is 234 g/mol. The molecule has 1 saturated heterocycles. The topological polar surface area (TPSA) is 3.24 Å². The van der Waals surface area contributed by atoms with Gasteiger partial charge in [0.15, 0.2) is 0 Å². The summed E-state index contributed by atoms with van der Waals surface area (Å²) in [4.78, 5) is 0. The highest BCUT2D eigenvalue weighted by Gasteiger charge is 2.24. The Morgan fingerprint density at radius 3 is 2.19 bits per heavy atom. The molecule has 1 nitrogen and oxygen atoms in total. The molecule has 16 heavy (non-hydrogen) atoms. The summed E-state index contributed by atoms with van der Waals surface area (Å²) in [6.45, 7) is 4.77. The Bertz CT molecular complexity index is 191. The quantitative estimate of drug-likeness (QED) is 0.545. The van der Waals surface area contributed by atoms with E-state index in [2.05, 4.69) is 48.9 Å². The summed E-state index contributed by atoms with van der Waals surface area (Å²) in [6, 6.07) is 1.58. The smallest absolute Gasteiger partial charge is 0.0177 e.